The number of aromatic nitrogens is 1. The zero-order chi connectivity index (χ0) is 14.7. The van der Waals surface area contributed by atoms with E-state index < -0.39 is 6.61 Å². The van der Waals surface area contributed by atoms with Crippen molar-refractivity contribution >= 4 is 11.3 Å². The van der Waals surface area contributed by atoms with Gasteiger partial charge in [-0.2, -0.15) is 8.78 Å². The molecule has 0 spiro atoms. The topological polar surface area (TPSA) is 34.1 Å². The predicted molar refractivity (Wildman–Crippen MR) is 76.4 cm³/mol. The smallest absolute Gasteiger partial charge is 0.387 e. The van der Waals surface area contributed by atoms with Crippen LogP contribution in [0.25, 0.3) is 10.6 Å². The van der Waals surface area contributed by atoms with Crippen LogP contribution < -0.4 is 10.1 Å². The summed E-state index contributed by atoms with van der Waals surface area (Å²) in [6.07, 6.45) is 0. The third-order valence-electron chi connectivity index (χ3n) is 2.99. The third kappa shape index (κ3) is 3.13. The van der Waals surface area contributed by atoms with Crippen LogP contribution in [0, 0.1) is 6.92 Å². The summed E-state index contributed by atoms with van der Waals surface area (Å²) >= 11 is 1.49. The first-order valence-electron chi connectivity index (χ1n) is 6.21. The van der Waals surface area contributed by atoms with Gasteiger partial charge in [0.15, 0.2) is 0 Å². The highest BCUT2D eigenvalue weighted by molar-refractivity contribution is 7.15. The van der Waals surface area contributed by atoms with Crippen LogP contribution in [0.4, 0.5) is 8.78 Å². The first kappa shape index (κ1) is 14.9. The van der Waals surface area contributed by atoms with E-state index in [9.17, 15) is 8.78 Å². The number of aryl methyl sites for hydroxylation is 1. The normalized spacial score (nSPS) is 12.7. The Morgan fingerprint density at radius 1 is 1.30 bits per heavy atom. The summed E-state index contributed by atoms with van der Waals surface area (Å²) < 4.78 is 29.4. The van der Waals surface area contributed by atoms with Crippen molar-refractivity contribution in [3.8, 4) is 16.3 Å². The minimum Gasteiger partial charge on any atom is -0.434 e. The van der Waals surface area contributed by atoms with Gasteiger partial charge >= 0.3 is 6.61 Å². The summed E-state index contributed by atoms with van der Waals surface area (Å²) in [5.41, 5.74) is 1.49. The highest BCUT2D eigenvalue weighted by atomic mass is 32.1. The maximum absolute atomic E-state index is 12.4. The molecule has 0 amide bonds. The number of halogens is 2. The van der Waals surface area contributed by atoms with E-state index in [0.29, 0.717) is 10.6 Å². The lowest BCUT2D eigenvalue weighted by Crippen LogP contribution is -2.11. The minimum atomic E-state index is -2.84. The Bertz CT molecular complexity index is 586. The number of alkyl halides is 2. The molecule has 0 bridgehead atoms. The van der Waals surface area contributed by atoms with Crippen molar-refractivity contribution < 1.29 is 13.5 Å². The molecule has 0 aliphatic carbocycles. The molecule has 1 aromatic carbocycles. The molecular weight excluding hydrogens is 282 g/mol. The van der Waals surface area contributed by atoms with E-state index in [0.717, 1.165) is 10.6 Å². The summed E-state index contributed by atoms with van der Waals surface area (Å²) in [5.74, 6) is 0.153. The van der Waals surface area contributed by atoms with Crippen molar-refractivity contribution in [1.29, 1.82) is 0 Å². The van der Waals surface area contributed by atoms with Crippen LogP contribution in [0.2, 0.25) is 0 Å². The van der Waals surface area contributed by atoms with Crippen LogP contribution in [0.1, 0.15) is 23.5 Å². The quantitative estimate of drug-likeness (QED) is 0.906. The van der Waals surface area contributed by atoms with Crippen LogP contribution in [-0.2, 0) is 0 Å². The number of para-hydroxylation sites is 1. The predicted octanol–water partition coefficient (Wildman–Crippen LogP) is 4.00. The number of hydrogen-bond acceptors (Lipinski definition) is 4. The molecule has 108 valence electrons. The lowest BCUT2D eigenvalue weighted by Gasteiger charge is -2.08. The number of nitrogens with one attached hydrogen (secondary N) is 1. The minimum absolute atomic E-state index is 0.153. The van der Waals surface area contributed by atoms with Crippen molar-refractivity contribution in [2.75, 3.05) is 7.05 Å². The van der Waals surface area contributed by atoms with Crippen molar-refractivity contribution in [2.24, 2.45) is 0 Å². The van der Waals surface area contributed by atoms with Gasteiger partial charge in [-0.15, -0.1) is 11.3 Å². The highest BCUT2D eigenvalue weighted by Crippen LogP contribution is 2.36. The van der Waals surface area contributed by atoms with Crippen molar-refractivity contribution in [3.63, 3.8) is 0 Å². The average Bonchev–Trinajstić information content (AvgIpc) is 2.80. The summed E-state index contributed by atoms with van der Waals surface area (Å²) in [6, 6.07) is 6.89. The lowest BCUT2D eigenvalue weighted by atomic mass is 10.2. The second kappa shape index (κ2) is 6.28. The zero-order valence-electron chi connectivity index (χ0n) is 11.5. The molecule has 1 unspecified atom stereocenters. The van der Waals surface area contributed by atoms with Gasteiger partial charge in [0.05, 0.1) is 11.3 Å². The molecular formula is C14H16F2N2OS. The van der Waals surface area contributed by atoms with Gasteiger partial charge in [-0.05, 0) is 33.0 Å². The van der Waals surface area contributed by atoms with Gasteiger partial charge in [-0.3, -0.25) is 0 Å². The van der Waals surface area contributed by atoms with E-state index in [1.54, 1.807) is 18.2 Å². The largest absolute Gasteiger partial charge is 0.434 e. The van der Waals surface area contributed by atoms with Gasteiger partial charge in [0.25, 0.3) is 0 Å². The van der Waals surface area contributed by atoms with Crippen LogP contribution in [0.5, 0.6) is 5.75 Å². The van der Waals surface area contributed by atoms with Gasteiger partial charge in [0, 0.05) is 10.9 Å². The second-order valence-electron chi connectivity index (χ2n) is 4.35. The zero-order valence-corrected chi connectivity index (χ0v) is 12.3. The molecule has 0 aliphatic rings. The van der Waals surface area contributed by atoms with Crippen molar-refractivity contribution in [2.45, 2.75) is 26.5 Å². The molecule has 6 heteroatoms. The fourth-order valence-corrected chi connectivity index (χ4v) is 3.06. The first-order valence-corrected chi connectivity index (χ1v) is 7.03. The van der Waals surface area contributed by atoms with Crippen molar-refractivity contribution in [3.05, 3.63) is 34.8 Å². The number of thiazole rings is 1. The van der Waals surface area contributed by atoms with E-state index in [-0.39, 0.29) is 11.8 Å². The van der Waals surface area contributed by atoms with E-state index >= 15 is 0 Å². The molecule has 1 heterocycles. The van der Waals surface area contributed by atoms with Gasteiger partial charge in [-0.25, -0.2) is 4.98 Å². The molecule has 3 nitrogen and oxygen atoms in total. The second-order valence-corrected chi connectivity index (χ2v) is 5.38. The molecule has 1 N–H and O–H groups in total. The maximum atomic E-state index is 12.4. The summed E-state index contributed by atoms with van der Waals surface area (Å²) in [5, 5.41) is 3.84. The number of hydrogen-bond donors (Lipinski definition) is 1. The van der Waals surface area contributed by atoms with Gasteiger partial charge < -0.3 is 10.1 Å². The average molecular weight is 298 g/mol. The molecule has 0 saturated carbocycles. The fourth-order valence-electron chi connectivity index (χ4n) is 1.90. The van der Waals surface area contributed by atoms with Crippen LogP contribution >= 0.6 is 11.3 Å². The third-order valence-corrected chi connectivity index (χ3v) is 4.37. The number of rotatable bonds is 5. The van der Waals surface area contributed by atoms with Crippen LogP contribution in [0.3, 0.4) is 0 Å². The lowest BCUT2D eigenvalue weighted by molar-refractivity contribution is -0.0494. The molecule has 0 radical (unpaired) electrons. The Hall–Kier alpha value is -1.53. The van der Waals surface area contributed by atoms with Gasteiger partial charge in [-0.1, -0.05) is 12.1 Å². The Labute approximate surface area is 120 Å². The van der Waals surface area contributed by atoms with Crippen LogP contribution in [0.15, 0.2) is 24.3 Å². The Kier molecular flexibility index (Phi) is 4.67. The summed E-state index contributed by atoms with van der Waals surface area (Å²) in [4.78, 5) is 5.56. The van der Waals surface area contributed by atoms with E-state index in [2.05, 4.69) is 15.0 Å². The van der Waals surface area contributed by atoms with Crippen LogP contribution in [-0.4, -0.2) is 18.6 Å². The fraction of sp³-hybridized carbons (Fsp3) is 0.357. The number of benzene rings is 1. The van der Waals surface area contributed by atoms with E-state index in [1.807, 2.05) is 20.9 Å². The van der Waals surface area contributed by atoms with Crippen molar-refractivity contribution in [1.82, 2.24) is 10.3 Å². The summed E-state index contributed by atoms with van der Waals surface area (Å²) in [7, 11) is 1.87. The Balaban J connectivity index is 2.42. The van der Waals surface area contributed by atoms with E-state index in [4.69, 9.17) is 0 Å². The van der Waals surface area contributed by atoms with Gasteiger partial charge in [0.2, 0.25) is 0 Å². The molecule has 1 aromatic heterocycles. The standard InChI is InChI=1S/C14H16F2N2OS/c1-8(17-3)12-9(2)18-13(20-12)10-6-4-5-7-11(10)19-14(15)16/h4-8,14,17H,1-3H3. The highest BCUT2D eigenvalue weighted by Gasteiger charge is 2.17. The molecule has 0 saturated heterocycles. The summed E-state index contributed by atoms with van der Waals surface area (Å²) in [6.45, 7) is 1.11. The SMILES string of the molecule is CNC(C)c1sc(-c2ccccc2OC(F)F)nc1C. The Morgan fingerprint density at radius 2 is 2.00 bits per heavy atom. The van der Waals surface area contributed by atoms with Gasteiger partial charge in [0.1, 0.15) is 10.8 Å². The number of nitrogens with zero attached hydrogens (tertiary/aromatic N) is 1. The molecule has 2 aromatic rings. The number of ether oxygens (including phenoxy) is 1. The van der Waals surface area contributed by atoms with E-state index in [1.165, 1.54) is 17.4 Å². The monoisotopic (exact) mass is 298 g/mol. The molecule has 2 rings (SSSR count). The first-order chi connectivity index (χ1) is 9.52. The Morgan fingerprint density at radius 3 is 2.65 bits per heavy atom. The maximum Gasteiger partial charge on any atom is 0.387 e. The molecule has 0 fully saturated rings. The molecule has 0 aliphatic heterocycles. The molecule has 1 atom stereocenters. The molecule has 20 heavy (non-hydrogen) atoms.